The number of hydrogen-bond donors (Lipinski definition) is 0. The molecular weight excluding hydrogens is 335 g/mol. The second kappa shape index (κ2) is 9.93. The zero-order chi connectivity index (χ0) is 19.0. The van der Waals surface area contributed by atoms with Crippen molar-refractivity contribution in [1.82, 2.24) is 0 Å². The molecule has 0 saturated heterocycles. The van der Waals surface area contributed by atoms with Crippen molar-refractivity contribution in [3.8, 4) is 0 Å². The number of allylic oxidation sites excluding steroid dienone is 8. The van der Waals surface area contributed by atoms with Crippen molar-refractivity contribution >= 4 is 0 Å². The zero-order valence-corrected chi connectivity index (χ0v) is 15.1. The molecule has 5 heteroatoms. The Morgan fingerprint density at radius 2 is 1.36 bits per heavy atom. The van der Waals surface area contributed by atoms with Crippen LogP contribution in [0.4, 0.5) is 22.0 Å². The highest BCUT2D eigenvalue weighted by molar-refractivity contribution is 5.35. The van der Waals surface area contributed by atoms with Gasteiger partial charge in [-0.1, -0.05) is 44.1 Å². The summed E-state index contributed by atoms with van der Waals surface area (Å²) in [5.41, 5.74) is 0.846. The Bertz CT molecular complexity index is 541. The van der Waals surface area contributed by atoms with Gasteiger partial charge >= 0.3 is 6.18 Å². The zero-order valence-electron chi connectivity index (χ0n) is 15.1. The molecule has 0 aliphatic heterocycles. The SMILES string of the molecule is CC(=C\C=C(/CF)C1CCC(C)CC1)/C(C)=C/C=C(\CF)C(F)(F)F. The van der Waals surface area contributed by atoms with Crippen molar-refractivity contribution in [2.45, 2.75) is 52.6 Å². The van der Waals surface area contributed by atoms with E-state index in [4.69, 9.17) is 0 Å². The molecule has 1 aliphatic rings. The molecule has 1 fully saturated rings. The predicted molar refractivity (Wildman–Crippen MR) is 92.8 cm³/mol. The molecule has 0 bridgehead atoms. The van der Waals surface area contributed by atoms with Crippen LogP contribution in [0.2, 0.25) is 0 Å². The topological polar surface area (TPSA) is 0 Å². The predicted octanol–water partition coefficient (Wildman–Crippen LogP) is 7.06. The Labute approximate surface area is 147 Å². The minimum atomic E-state index is -4.66. The Balaban J connectivity index is 2.86. The highest BCUT2D eigenvalue weighted by Gasteiger charge is 2.32. The first-order valence-electron chi connectivity index (χ1n) is 8.63. The lowest BCUT2D eigenvalue weighted by molar-refractivity contribution is -0.0949. The molecule has 0 atom stereocenters. The third kappa shape index (κ3) is 7.17. The third-order valence-corrected chi connectivity index (χ3v) is 4.91. The molecule has 142 valence electrons. The fourth-order valence-corrected chi connectivity index (χ4v) is 2.86. The summed E-state index contributed by atoms with van der Waals surface area (Å²) in [6.45, 7) is 3.54. The second-order valence-corrected chi connectivity index (χ2v) is 6.85. The quantitative estimate of drug-likeness (QED) is 0.350. The van der Waals surface area contributed by atoms with Crippen LogP contribution in [0.5, 0.6) is 0 Å². The fourth-order valence-electron chi connectivity index (χ4n) is 2.86. The molecule has 0 amide bonds. The maximum absolute atomic E-state index is 13.3. The van der Waals surface area contributed by atoms with Crippen LogP contribution in [0.15, 0.2) is 46.6 Å². The minimum absolute atomic E-state index is 0.248. The van der Waals surface area contributed by atoms with Crippen LogP contribution < -0.4 is 0 Å². The standard InChI is InChI=1S/C20H27F5/c1-14-4-8-17(9-5-14)18(12-21)10-6-15(2)16(3)7-11-19(13-22)20(23,24)25/h6-7,10-11,14,17H,4-5,8-9,12-13H2,1-3H3/b15-6+,16-7+,18-10+,19-11+. The molecule has 25 heavy (non-hydrogen) atoms. The molecule has 0 aromatic heterocycles. The van der Waals surface area contributed by atoms with Gasteiger partial charge in [0.1, 0.15) is 13.3 Å². The van der Waals surface area contributed by atoms with Gasteiger partial charge in [-0.15, -0.1) is 0 Å². The molecule has 1 saturated carbocycles. The van der Waals surface area contributed by atoms with E-state index in [0.717, 1.165) is 42.9 Å². The van der Waals surface area contributed by atoms with E-state index >= 15 is 0 Å². The maximum Gasteiger partial charge on any atom is 0.415 e. The van der Waals surface area contributed by atoms with Gasteiger partial charge in [0.2, 0.25) is 0 Å². The first-order valence-corrected chi connectivity index (χ1v) is 8.63. The van der Waals surface area contributed by atoms with Gasteiger partial charge in [0.05, 0.1) is 5.57 Å². The Morgan fingerprint density at radius 3 is 1.80 bits per heavy atom. The van der Waals surface area contributed by atoms with Crippen LogP contribution in [0.25, 0.3) is 0 Å². The van der Waals surface area contributed by atoms with Crippen LogP contribution in [-0.2, 0) is 0 Å². The average Bonchev–Trinajstić information content (AvgIpc) is 2.55. The molecule has 0 aromatic carbocycles. The number of rotatable bonds is 6. The summed E-state index contributed by atoms with van der Waals surface area (Å²) in [4.78, 5) is 0. The van der Waals surface area contributed by atoms with Crippen LogP contribution in [0.3, 0.4) is 0 Å². The van der Waals surface area contributed by atoms with E-state index in [2.05, 4.69) is 6.92 Å². The first kappa shape index (κ1) is 21.7. The molecule has 0 radical (unpaired) electrons. The molecule has 0 nitrogen and oxygen atoms in total. The lowest BCUT2D eigenvalue weighted by atomic mass is 9.79. The van der Waals surface area contributed by atoms with Gasteiger partial charge in [-0.25, -0.2) is 8.78 Å². The average molecular weight is 362 g/mol. The van der Waals surface area contributed by atoms with Crippen molar-refractivity contribution in [2.24, 2.45) is 11.8 Å². The van der Waals surface area contributed by atoms with Crippen LogP contribution in [-0.4, -0.2) is 19.5 Å². The van der Waals surface area contributed by atoms with E-state index in [1.165, 1.54) is 6.08 Å². The smallest absolute Gasteiger partial charge is 0.246 e. The lowest BCUT2D eigenvalue weighted by Crippen LogP contribution is -2.15. The van der Waals surface area contributed by atoms with E-state index in [1.54, 1.807) is 26.0 Å². The van der Waals surface area contributed by atoms with Crippen LogP contribution >= 0.6 is 0 Å². The minimum Gasteiger partial charge on any atom is -0.246 e. The van der Waals surface area contributed by atoms with Gasteiger partial charge < -0.3 is 0 Å². The molecule has 0 aromatic rings. The van der Waals surface area contributed by atoms with E-state index in [-0.39, 0.29) is 5.92 Å². The number of halogens is 5. The summed E-state index contributed by atoms with van der Waals surface area (Å²) in [7, 11) is 0. The molecule has 0 unspecified atom stereocenters. The molecule has 0 N–H and O–H groups in total. The molecule has 1 rings (SSSR count). The van der Waals surface area contributed by atoms with Crippen LogP contribution in [0, 0.1) is 11.8 Å². The summed E-state index contributed by atoms with van der Waals surface area (Å²) in [6, 6.07) is 0. The van der Waals surface area contributed by atoms with Gasteiger partial charge in [-0.2, -0.15) is 13.2 Å². The Morgan fingerprint density at radius 1 is 0.840 bits per heavy atom. The van der Waals surface area contributed by atoms with E-state index in [1.807, 2.05) is 0 Å². The van der Waals surface area contributed by atoms with Gasteiger partial charge in [0, 0.05) is 0 Å². The van der Waals surface area contributed by atoms with E-state index in [0.29, 0.717) is 11.5 Å². The van der Waals surface area contributed by atoms with E-state index in [9.17, 15) is 22.0 Å². The lowest BCUT2D eigenvalue weighted by Gasteiger charge is -2.27. The van der Waals surface area contributed by atoms with Crippen molar-refractivity contribution in [3.05, 3.63) is 46.6 Å². The fraction of sp³-hybridized carbons (Fsp3) is 0.600. The van der Waals surface area contributed by atoms with Gasteiger partial charge in [-0.05, 0) is 55.2 Å². The summed E-state index contributed by atoms with van der Waals surface area (Å²) in [5.74, 6) is 0.933. The van der Waals surface area contributed by atoms with E-state index < -0.39 is 25.1 Å². The van der Waals surface area contributed by atoms with Crippen molar-refractivity contribution in [1.29, 1.82) is 0 Å². The van der Waals surface area contributed by atoms with Gasteiger partial charge in [0.15, 0.2) is 0 Å². The highest BCUT2D eigenvalue weighted by atomic mass is 19.4. The monoisotopic (exact) mass is 362 g/mol. The summed E-state index contributed by atoms with van der Waals surface area (Å²) in [5, 5.41) is 0. The summed E-state index contributed by atoms with van der Waals surface area (Å²) < 4.78 is 63.3. The van der Waals surface area contributed by atoms with Gasteiger partial charge in [0.25, 0.3) is 0 Å². The van der Waals surface area contributed by atoms with Crippen molar-refractivity contribution in [3.63, 3.8) is 0 Å². The largest absolute Gasteiger partial charge is 0.415 e. The van der Waals surface area contributed by atoms with Crippen molar-refractivity contribution < 1.29 is 22.0 Å². The van der Waals surface area contributed by atoms with Crippen LogP contribution in [0.1, 0.15) is 46.5 Å². The Hall–Kier alpha value is -1.39. The molecule has 0 heterocycles. The maximum atomic E-state index is 13.3. The van der Waals surface area contributed by atoms with Gasteiger partial charge in [-0.3, -0.25) is 0 Å². The molecular formula is C20H27F5. The highest BCUT2D eigenvalue weighted by Crippen LogP contribution is 2.33. The third-order valence-electron chi connectivity index (χ3n) is 4.91. The first-order chi connectivity index (χ1) is 11.7. The molecule has 0 spiro atoms. The second-order valence-electron chi connectivity index (χ2n) is 6.85. The number of hydrogen-bond acceptors (Lipinski definition) is 0. The summed E-state index contributed by atoms with van der Waals surface area (Å²) in [6.07, 6.45) is 4.97. The summed E-state index contributed by atoms with van der Waals surface area (Å²) >= 11 is 0. The Kier molecular flexibility index (Phi) is 8.60. The molecule has 1 aliphatic carbocycles. The van der Waals surface area contributed by atoms with Crippen molar-refractivity contribution in [2.75, 3.05) is 13.3 Å². The normalized spacial score (nSPS) is 24.6. The number of alkyl halides is 5.